The molecule has 0 heterocycles. The number of hydrogen-bond acceptors (Lipinski definition) is 3. The van der Waals surface area contributed by atoms with Crippen molar-refractivity contribution in [3.63, 3.8) is 0 Å². The molecule has 0 aromatic heterocycles. The van der Waals surface area contributed by atoms with Gasteiger partial charge >= 0.3 is 0 Å². The van der Waals surface area contributed by atoms with Crippen molar-refractivity contribution in [2.45, 2.75) is 24.9 Å². The number of fused-ring (bicyclic) bond motifs is 1. The van der Waals surface area contributed by atoms with E-state index < -0.39 is 5.60 Å². The summed E-state index contributed by atoms with van der Waals surface area (Å²) in [5.41, 5.74) is 0.285. The van der Waals surface area contributed by atoms with E-state index in [9.17, 15) is 10.2 Å². The van der Waals surface area contributed by atoms with Gasteiger partial charge in [-0.25, -0.2) is 0 Å². The van der Waals surface area contributed by atoms with Crippen molar-refractivity contribution in [3.8, 4) is 5.75 Å². The lowest BCUT2D eigenvalue weighted by Gasteiger charge is -2.33. The summed E-state index contributed by atoms with van der Waals surface area (Å²) in [6.07, 6.45) is 2.12. The predicted molar refractivity (Wildman–Crippen MR) is 52.0 cm³/mol. The summed E-state index contributed by atoms with van der Waals surface area (Å²) < 4.78 is 0. The summed E-state index contributed by atoms with van der Waals surface area (Å²) in [7, 11) is 0. The highest BCUT2D eigenvalue weighted by Crippen LogP contribution is 2.38. The molecule has 1 aromatic rings. The van der Waals surface area contributed by atoms with E-state index in [2.05, 4.69) is 0 Å². The molecular weight excluding hydrogens is 180 g/mol. The van der Waals surface area contributed by atoms with E-state index >= 15 is 0 Å². The molecule has 1 aliphatic carbocycles. The van der Waals surface area contributed by atoms with Gasteiger partial charge in [-0.15, -0.1) is 0 Å². The maximum Gasteiger partial charge on any atom is 0.119 e. The Bertz CT molecular complexity index is 348. The third kappa shape index (κ3) is 1.29. The molecule has 1 atom stereocenters. The van der Waals surface area contributed by atoms with E-state index in [1.807, 2.05) is 0 Å². The van der Waals surface area contributed by atoms with Crippen LogP contribution in [-0.4, -0.2) is 21.9 Å². The van der Waals surface area contributed by atoms with Gasteiger partial charge in [0, 0.05) is 5.56 Å². The monoisotopic (exact) mass is 194 g/mol. The number of phenolic OH excluding ortho intramolecular Hbond substituents is 1. The molecule has 0 radical (unpaired) electrons. The predicted octanol–water partition coefficient (Wildman–Crippen LogP) is 0.908. The van der Waals surface area contributed by atoms with E-state index in [1.54, 1.807) is 18.2 Å². The Kier molecular flexibility index (Phi) is 2.21. The van der Waals surface area contributed by atoms with Gasteiger partial charge < -0.3 is 15.3 Å². The molecule has 0 spiro atoms. The van der Waals surface area contributed by atoms with Crippen molar-refractivity contribution in [3.05, 3.63) is 29.3 Å². The van der Waals surface area contributed by atoms with Crippen LogP contribution in [0, 0.1) is 0 Å². The number of hydrogen-bond donors (Lipinski definition) is 3. The van der Waals surface area contributed by atoms with Crippen LogP contribution in [0.4, 0.5) is 0 Å². The summed E-state index contributed by atoms with van der Waals surface area (Å²) in [5.74, 6) is 0.217. The molecule has 2 rings (SSSR count). The molecule has 0 bridgehead atoms. The van der Waals surface area contributed by atoms with Crippen LogP contribution < -0.4 is 0 Å². The first-order chi connectivity index (χ1) is 6.67. The Labute approximate surface area is 82.6 Å². The van der Waals surface area contributed by atoms with Gasteiger partial charge in [0.2, 0.25) is 0 Å². The average Bonchev–Trinajstić information content (AvgIpc) is 2.20. The van der Waals surface area contributed by atoms with Crippen LogP contribution in [0.15, 0.2) is 18.2 Å². The lowest BCUT2D eigenvalue weighted by atomic mass is 9.79. The second-order valence-corrected chi connectivity index (χ2v) is 3.85. The van der Waals surface area contributed by atoms with Crippen LogP contribution in [0.3, 0.4) is 0 Å². The van der Waals surface area contributed by atoms with Crippen molar-refractivity contribution < 1.29 is 15.3 Å². The Morgan fingerprint density at radius 1 is 1.36 bits per heavy atom. The van der Waals surface area contributed by atoms with Crippen LogP contribution in [0.2, 0.25) is 0 Å². The number of phenols is 1. The lowest BCUT2D eigenvalue weighted by molar-refractivity contribution is -0.0329. The number of benzene rings is 1. The molecule has 3 N–H and O–H groups in total. The Morgan fingerprint density at radius 3 is 2.86 bits per heavy atom. The summed E-state index contributed by atoms with van der Waals surface area (Å²) in [6, 6.07) is 5.08. The van der Waals surface area contributed by atoms with Gasteiger partial charge in [0.05, 0.1) is 6.61 Å². The zero-order valence-corrected chi connectivity index (χ0v) is 7.90. The smallest absolute Gasteiger partial charge is 0.119 e. The molecule has 0 aliphatic heterocycles. The van der Waals surface area contributed by atoms with Gasteiger partial charge in [0.15, 0.2) is 0 Å². The largest absolute Gasteiger partial charge is 0.508 e. The molecule has 0 saturated heterocycles. The molecule has 0 amide bonds. The summed E-state index contributed by atoms with van der Waals surface area (Å²) >= 11 is 0. The topological polar surface area (TPSA) is 60.7 Å². The van der Waals surface area contributed by atoms with Crippen LogP contribution in [0.5, 0.6) is 5.75 Å². The second-order valence-electron chi connectivity index (χ2n) is 3.85. The fourth-order valence-electron chi connectivity index (χ4n) is 2.13. The molecule has 3 nitrogen and oxygen atoms in total. The Hall–Kier alpha value is -1.06. The Morgan fingerprint density at radius 2 is 2.14 bits per heavy atom. The van der Waals surface area contributed by atoms with Crippen molar-refractivity contribution in [2.24, 2.45) is 0 Å². The summed E-state index contributed by atoms with van der Waals surface area (Å²) in [5, 5.41) is 28.8. The summed E-state index contributed by atoms with van der Waals surface area (Å²) in [4.78, 5) is 0. The summed E-state index contributed by atoms with van der Waals surface area (Å²) in [6.45, 7) is -0.288. The van der Waals surface area contributed by atoms with Gasteiger partial charge in [-0.2, -0.15) is 0 Å². The normalized spacial score (nSPS) is 25.9. The molecule has 14 heavy (non-hydrogen) atoms. The average molecular weight is 194 g/mol. The van der Waals surface area contributed by atoms with Crippen molar-refractivity contribution in [1.82, 2.24) is 0 Å². The van der Waals surface area contributed by atoms with E-state index in [-0.39, 0.29) is 12.4 Å². The maximum atomic E-state index is 10.1. The van der Waals surface area contributed by atoms with E-state index in [0.29, 0.717) is 12.0 Å². The minimum atomic E-state index is -1.16. The Balaban J connectivity index is 2.55. The first-order valence-electron chi connectivity index (χ1n) is 4.82. The van der Waals surface area contributed by atoms with Gasteiger partial charge in [-0.3, -0.25) is 0 Å². The third-order valence-corrected chi connectivity index (χ3v) is 2.93. The van der Waals surface area contributed by atoms with Crippen molar-refractivity contribution in [2.75, 3.05) is 6.61 Å². The SMILES string of the molecule is OCC1(O)CCCc2c(O)cccc21. The fourth-order valence-corrected chi connectivity index (χ4v) is 2.13. The minimum Gasteiger partial charge on any atom is -0.508 e. The van der Waals surface area contributed by atoms with Gasteiger partial charge in [0.1, 0.15) is 11.4 Å². The number of aliphatic hydroxyl groups excluding tert-OH is 1. The van der Waals surface area contributed by atoms with Crippen LogP contribution in [0.1, 0.15) is 24.0 Å². The van der Waals surface area contributed by atoms with Crippen molar-refractivity contribution >= 4 is 0 Å². The minimum absolute atomic E-state index is 0.217. The van der Waals surface area contributed by atoms with Gasteiger partial charge in [0.25, 0.3) is 0 Å². The molecule has 3 heteroatoms. The highest BCUT2D eigenvalue weighted by atomic mass is 16.3. The zero-order valence-electron chi connectivity index (χ0n) is 7.90. The third-order valence-electron chi connectivity index (χ3n) is 2.93. The van der Waals surface area contributed by atoms with Crippen LogP contribution in [-0.2, 0) is 12.0 Å². The van der Waals surface area contributed by atoms with E-state index in [4.69, 9.17) is 5.11 Å². The maximum absolute atomic E-state index is 10.1. The van der Waals surface area contributed by atoms with Crippen molar-refractivity contribution in [1.29, 1.82) is 0 Å². The fraction of sp³-hybridized carbons (Fsp3) is 0.455. The number of aromatic hydroxyl groups is 1. The molecule has 0 saturated carbocycles. The molecule has 76 valence electrons. The quantitative estimate of drug-likeness (QED) is 0.622. The van der Waals surface area contributed by atoms with Gasteiger partial charge in [-0.1, -0.05) is 12.1 Å². The second kappa shape index (κ2) is 3.26. The molecule has 0 fully saturated rings. The van der Waals surface area contributed by atoms with Gasteiger partial charge in [-0.05, 0) is 30.9 Å². The standard InChI is InChI=1S/C11H14O3/c12-7-11(14)6-2-3-8-9(11)4-1-5-10(8)13/h1,4-5,12-14H,2-3,6-7H2. The van der Waals surface area contributed by atoms with Crippen LogP contribution >= 0.6 is 0 Å². The lowest BCUT2D eigenvalue weighted by Crippen LogP contribution is -2.34. The van der Waals surface area contributed by atoms with Crippen LogP contribution in [0.25, 0.3) is 0 Å². The highest BCUT2D eigenvalue weighted by molar-refractivity contribution is 5.44. The van der Waals surface area contributed by atoms with E-state index in [1.165, 1.54) is 0 Å². The molecule has 1 aliphatic rings. The zero-order chi connectivity index (χ0) is 10.2. The number of rotatable bonds is 1. The highest BCUT2D eigenvalue weighted by Gasteiger charge is 2.34. The molecule has 1 unspecified atom stereocenters. The first-order valence-corrected chi connectivity index (χ1v) is 4.82. The first kappa shape index (κ1) is 9.49. The number of aliphatic hydroxyl groups is 2. The van der Waals surface area contributed by atoms with E-state index in [0.717, 1.165) is 18.4 Å². The molecular formula is C11H14O3. The molecule has 1 aromatic carbocycles.